The smallest absolute Gasteiger partial charge is 0.162 e. The zero-order valence-corrected chi connectivity index (χ0v) is 20.2. The molecule has 0 amide bonds. The maximum atomic E-state index is 12.5. The van der Waals surface area contributed by atoms with Gasteiger partial charge >= 0.3 is 0 Å². The second-order valence-corrected chi connectivity index (χ2v) is 9.90. The summed E-state index contributed by atoms with van der Waals surface area (Å²) in [6, 6.07) is 16.7. The summed E-state index contributed by atoms with van der Waals surface area (Å²) in [6.07, 6.45) is 8.44. The van der Waals surface area contributed by atoms with E-state index in [9.17, 15) is 4.79 Å². The number of likely N-dealkylation sites (tertiary alicyclic amines) is 1. The molecule has 0 radical (unpaired) electrons. The largest absolute Gasteiger partial charge is 0.303 e. The van der Waals surface area contributed by atoms with Crippen LogP contribution >= 0.6 is 11.3 Å². The Morgan fingerprint density at radius 1 is 1.09 bits per heavy atom. The Morgan fingerprint density at radius 2 is 1.84 bits per heavy atom. The van der Waals surface area contributed by atoms with Crippen molar-refractivity contribution in [2.24, 2.45) is 0 Å². The minimum atomic E-state index is 0.246. The molecule has 2 heterocycles. The molecule has 32 heavy (non-hydrogen) atoms. The quantitative estimate of drug-likeness (QED) is 0.262. The first-order valence-electron chi connectivity index (χ1n) is 12.0. The van der Waals surface area contributed by atoms with Crippen LogP contribution in [0.15, 0.2) is 54.6 Å². The first-order valence-corrected chi connectivity index (χ1v) is 12.8. The van der Waals surface area contributed by atoms with E-state index in [2.05, 4.69) is 54.3 Å². The summed E-state index contributed by atoms with van der Waals surface area (Å²) < 4.78 is 1.31. The van der Waals surface area contributed by atoms with E-state index >= 15 is 0 Å². The van der Waals surface area contributed by atoms with Gasteiger partial charge in [0.05, 0.1) is 15.2 Å². The van der Waals surface area contributed by atoms with Gasteiger partial charge in [-0.25, -0.2) is 4.98 Å². The summed E-state index contributed by atoms with van der Waals surface area (Å²) in [5.41, 5.74) is 4.32. The van der Waals surface area contributed by atoms with E-state index in [-0.39, 0.29) is 5.78 Å². The van der Waals surface area contributed by atoms with Gasteiger partial charge in [-0.2, -0.15) is 0 Å². The molecule has 0 unspecified atom stereocenters. The van der Waals surface area contributed by atoms with Gasteiger partial charge in [-0.05, 0) is 81.9 Å². The van der Waals surface area contributed by atoms with Gasteiger partial charge in [0.2, 0.25) is 0 Å². The van der Waals surface area contributed by atoms with Gasteiger partial charge in [-0.15, -0.1) is 11.3 Å². The van der Waals surface area contributed by atoms with Crippen molar-refractivity contribution in [1.82, 2.24) is 9.88 Å². The molecule has 0 N–H and O–H groups in total. The van der Waals surface area contributed by atoms with Crippen LogP contribution in [0.4, 0.5) is 0 Å². The fourth-order valence-electron chi connectivity index (χ4n) is 4.63. The maximum Gasteiger partial charge on any atom is 0.162 e. The summed E-state index contributed by atoms with van der Waals surface area (Å²) in [4.78, 5) is 20.0. The van der Waals surface area contributed by atoms with E-state index in [4.69, 9.17) is 4.98 Å². The van der Waals surface area contributed by atoms with Crippen LogP contribution in [0, 0.1) is 6.92 Å². The Morgan fingerprint density at radius 3 is 2.59 bits per heavy atom. The predicted molar refractivity (Wildman–Crippen MR) is 136 cm³/mol. The lowest BCUT2D eigenvalue weighted by Gasteiger charge is -2.31. The number of thiazole rings is 1. The Bertz CT molecular complexity index is 1040. The van der Waals surface area contributed by atoms with Gasteiger partial charge in [0, 0.05) is 17.9 Å². The van der Waals surface area contributed by atoms with Crippen LogP contribution in [0.5, 0.6) is 0 Å². The average molecular weight is 447 g/mol. The molecule has 0 aliphatic carbocycles. The molecule has 0 atom stereocenters. The third kappa shape index (κ3) is 5.54. The summed E-state index contributed by atoms with van der Waals surface area (Å²) >= 11 is 1.87. The Labute approximate surface area is 196 Å². The highest BCUT2D eigenvalue weighted by atomic mass is 32.1. The molecule has 1 saturated heterocycles. The zero-order valence-electron chi connectivity index (χ0n) is 19.3. The number of hydrogen-bond donors (Lipinski definition) is 0. The summed E-state index contributed by atoms with van der Waals surface area (Å²) in [7, 11) is 0. The number of carbonyl (C=O) groups excluding carboxylic acids is 1. The number of para-hydroxylation sites is 1. The number of fused-ring (bicyclic) bond motifs is 1. The molecule has 4 heteroatoms. The number of hydrogen-bond acceptors (Lipinski definition) is 4. The number of ketones is 1. The lowest BCUT2D eigenvalue weighted by atomic mass is 9.94. The molecule has 4 rings (SSSR count). The molecular formula is C28H34N2OS. The Hall–Kier alpha value is -2.30. The van der Waals surface area contributed by atoms with E-state index in [1.165, 1.54) is 47.6 Å². The fourth-order valence-corrected chi connectivity index (χ4v) is 5.77. The molecule has 1 aliphatic heterocycles. The fraction of sp³-hybridized carbons (Fsp3) is 0.429. The average Bonchev–Trinajstić information content (AvgIpc) is 3.26. The van der Waals surface area contributed by atoms with Crippen molar-refractivity contribution in [1.29, 1.82) is 0 Å². The van der Waals surface area contributed by atoms with Crippen LogP contribution in [-0.2, 0) is 4.79 Å². The number of aryl methyl sites for hydroxylation is 1. The van der Waals surface area contributed by atoms with Crippen molar-refractivity contribution >= 4 is 32.9 Å². The van der Waals surface area contributed by atoms with Gasteiger partial charge in [0.15, 0.2) is 5.78 Å². The van der Waals surface area contributed by atoms with Gasteiger partial charge in [-0.1, -0.05) is 49.4 Å². The summed E-state index contributed by atoms with van der Waals surface area (Å²) in [6.45, 7) is 7.52. The minimum absolute atomic E-state index is 0.246. The Kier molecular flexibility index (Phi) is 7.88. The van der Waals surface area contributed by atoms with Crippen LogP contribution in [0.1, 0.15) is 67.5 Å². The van der Waals surface area contributed by atoms with Crippen LogP contribution in [0.25, 0.3) is 15.8 Å². The van der Waals surface area contributed by atoms with Crippen LogP contribution in [0.2, 0.25) is 0 Å². The van der Waals surface area contributed by atoms with E-state index < -0.39 is 0 Å². The van der Waals surface area contributed by atoms with E-state index in [0.717, 1.165) is 36.0 Å². The maximum absolute atomic E-state index is 12.5. The predicted octanol–water partition coefficient (Wildman–Crippen LogP) is 7.02. The lowest BCUT2D eigenvalue weighted by Crippen LogP contribution is -2.33. The normalized spacial score (nSPS) is 16.0. The third-order valence-electron chi connectivity index (χ3n) is 6.58. The van der Waals surface area contributed by atoms with Gasteiger partial charge in [-0.3, -0.25) is 4.79 Å². The number of aromatic nitrogens is 1. The van der Waals surface area contributed by atoms with Crippen LogP contribution in [0.3, 0.4) is 0 Å². The second-order valence-electron chi connectivity index (χ2n) is 8.84. The summed E-state index contributed by atoms with van der Waals surface area (Å²) in [5, 5.41) is 1.32. The highest BCUT2D eigenvalue weighted by Crippen LogP contribution is 2.33. The molecule has 1 aliphatic rings. The summed E-state index contributed by atoms with van der Waals surface area (Å²) in [5.74, 6) is 0.861. The van der Waals surface area contributed by atoms with Crippen molar-refractivity contribution in [3.8, 4) is 0 Å². The highest BCUT2D eigenvalue weighted by Gasteiger charge is 2.23. The topological polar surface area (TPSA) is 33.2 Å². The third-order valence-corrected chi connectivity index (χ3v) is 7.78. The van der Waals surface area contributed by atoms with Crippen molar-refractivity contribution in [2.75, 3.05) is 19.6 Å². The van der Waals surface area contributed by atoms with Gasteiger partial charge in [0.25, 0.3) is 0 Å². The molecule has 0 spiro atoms. The molecule has 3 aromatic rings. The zero-order chi connectivity index (χ0) is 22.3. The number of piperidine rings is 1. The number of allylic oxidation sites excluding steroid dienone is 2. The molecule has 0 saturated carbocycles. The Balaban J connectivity index is 1.23. The highest BCUT2D eigenvalue weighted by molar-refractivity contribution is 7.18. The molecular weight excluding hydrogens is 412 g/mol. The van der Waals surface area contributed by atoms with E-state index in [0.29, 0.717) is 12.3 Å². The van der Waals surface area contributed by atoms with Crippen molar-refractivity contribution in [2.45, 2.75) is 58.3 Å². The van der Waals surface area contributed by atoms with Gasteiger partial charge < -0.3 is 4.90 Å². The van der Waals surface area contributed by atoms with Crippen molar-refractivity contribution < 1.29 is 4.79 Å². The lowest BCUT2D eigenvalue weighted by molar-refractivity contribution is -0.113. The minimum Gasteiger partial charge on any atom is -0.303 e. The first-order chi connectivity index (χ1) is 15.7. The standard InChI is InChI=1S/C28H34N2OS/c1-3-26(31)24(23-12-7-6-11-21(23)2)13-5-4-10-18-30-19-16-22(17-20-30)28-29-25-14-8-9-15-27(25)32-28/h6-9,11-15,22H,3-5,10,16-20H2,1-2H3/b24-13+. The number of benzene rings is 2. The molecule has 3 nitrogen and oxygen atoms in total. The molecule has 168 valence electrons. The first kappa shape index (κ1) is 22.9. The van der Waals surface area contributed by atoms with Crippen molar-refractivity contribution in [3.05, 3.63) is 70.7 Å². The second kappa shape index (κ2) is 11.0. The number of rotatable bonds is 9. The van der Waals surface area contributed by atoms with Gasteiger partial charge in [0.1, 0.15) is 0 Å². The molecule has 1 aromatic heterocycles. The molecule has 0 bridgehead atoms. The number of unbranched alkanes of at least 4 members (excludes halogenated alkanes) is 2. The van der Waals surface area contributed by atoms with E-state index in [1.807, 2.05) is 30.4 Å². The van der Waals surface area contributed by atoms with Crippen LogP contribution < -0.4 is 0 Å². The SMILES string of the molecule is CCC(=O)/C(=C/CCCCN1CCC(c2nc3ccccc3s2)CC1)c1ccccc1C. The number of nitrogens with zero attached hydrogens (tertiary/aromatic N) is 2. The number of Topliss-reactive ketones (excluding diaryl/α,β-unsaturated/α-hetero) is 1. The molecule has 2 aromatic carbocycles. The molecule has 1 fully saturated rings. The van der Waals surface area contributed by atoms with E-state index in [1.54, 1.807) is 0 Å². The monoisotopic (exact) mass is 446 g/mol. The van der Waals surface area contributed by atoms with Crippen molar-refractivity contribution in [3.63, 3.8) is 0 Å². The van der Waals surface area contributed by atoms with Crippen LogP contribution in [-0.4, -0.2) is 35.3 Å². The number of carbonyl (C=O) groups is 1.